The normalized spacial score (nSPS) is 11.8. The molecule has 9 heteroatoms. The van der Waals surface area contributed by atoms with E-state index in [0.717, 1.165) is 5.39 Å². The third-order valence-corrected chi connectivity index (χ3v) is 4.51. The van der Waals surface area contributed by atoms with Gasteiger partial charge in [0, 0.05) is 5.39 Å². The smallest absolute Gasteiger partial charge is 0.294 e. The van der Waals surface area contributed by atoms with Gasteiger partial charge in [-0.05, 0) is 36.4 Å². The van der Waals surface area contributed by atoms with E-state index < -0.39 is 0 Å². The van der Waals surface area contributed by atoms with Crippen LogP contribution in [0.15, 0.2) is 38.6 Å². The van der Waals surface area contributed by atoms with Crippen LogP contribution in [0.4, 0.5) is 0 Å². The molecular formula is C15H14N6O2S. The van der Waals surface area contributed by atoms with Crippen molar-refractivity contribution in [2.24, 2.45) is 0 Å². The molecule has 1 aromatic carbocycles. The average Bonchev–Trinajstić information content (AvgIpc) is 3.17. The quantitative estimate of drug-likeness (QED) is 0.568. The SMILES string of the molecule is CC(C)n1nnnc1SCc1nc2c(oc3ccccc32)c(=O)[nH]1. The molecule has 0 aliphatic rings. The molecule has 1 N–H and O–H groups in total. The van der Waals surface area contributed by atoms with E-state index in [2.05, 4.69) is 25.5 Å². The number of aromatic amines is 1. The van der Waals surface area contributed by atoms with Crippen LogP contribution in [0, 0.1) is 0 Å². The van der Waals surface area contributed by atoms with Crippen LogP contribution < -0.4 is 5.56 Å². The van der Waals surface area contributed by atoms with E-state index in [1.807, 2.05) is 38.1 Å². The summed E-state index contributed by atoms with van der Waals surface area (Å²) >= 11 is 1.42. The highest BCUT2D eigenvalue weighted by Crippen LogP contribution is 2.26. The molecule has 3 heterocycles. The molecule has 8 nitrogen and oxygen atoms in total. The van der Waals surface area contributed by atoms with Gasteiger partial charge in [0.1, 0.15) is 16.9 Å². The van der Waals surface area contributed by atoms with E-state index in [-0.39, 0.29) is 17.2 Å². The van der Waals surface area contributed by atoms with Crippen molar-refractivity contribution < 1.29 is 4.42 Å². The molecular weight excluding hydrogens is 328 g/mol. The number of hydrogen-bond acceptors (Lipinski definition) is 7. The van der Waals surface area contributed by atoms with Crippen molar-refractivity contribution in [3.63, 3.8) is 0 Å². The number of rotatable bonds is 4. The lowest BCUT2D eigenvalue weighted by Gasteiger charge is -2.06. The van der Waals surface area contributed by atoms with Crippen molar-refractivity contribution in [3.05, 3.63) is 40.4 Å². The maximum atomic E-state index is 12.3. The van der Waals surface area contributed by atoms with E-state index >= 15 is 0 Å². The first-order chi connectivity index (χ1) is 11.6. The summed E-state index contributed by atoms with van der Waals surface area (Å²) in [5.41, 5.74) is 1.19. The van der Waals surface area contributed by atoms with Gasteiger partial charge in [0.25, 0.3) is 5.56 Å². The fraction of sp³-hybridized carbons (Fsp3) is 0.267. The average molecular weight is 342 g/mol. The summed E-state index contributed by atoms with van der Waals surface area (Å²) in [6.45, 7) is 4.01. The van der Waals surface area contributed by atoms with Crippen LogP contribution in [0.3, 0.4) is 0 Å². The van der Waals surface area contributed by atoms with Crippen LogP contribution >= 0.6 is 11.8 Å². The summed E-state index contributed by atoms with van der Waals surface area (Å²) in [6.07, 6.45) is 0. The maximum Gasteiger partial charge on any atom is 0.294 e. The van der Waals surface area contributed by atoms with Crippen LogP contribution in [0.1, 0.15) is 25.7 Å². The molecule has 0 saturated heterocycles. The minimum absolute atomic E-state index is 0.162. The second kappa shape index (κ2) is 5.75. The predicted molar refractivity (Wildman–Crippen MR) is 89.9 cm³/mol. The molecule has 0 amide bonds. The number of aromatic nitrogens is 6. The number of para-hydroxylation sites is 1. The van der Waals surface area contributed by atoms with Gasteiger partial charge in [-0.3, -0.25) is 4.79 Å². The second-order valence-corrected chi connectivity index (χ2v) is 6.52. The highest BCUT2D eigenvalue weighted by atomic mass is 32.2. The first-order valence-electron chi connectivity index (χ1n) is 7.44. The molecule has 0 aliphatic heterocycles. The van der Waals surface area contributed by atoms with E-state index in [9.17, 15) is 4.79 Å². The zero-order chi connectivity index (χ0) is 16.7. The van der Waals surface area contributed by atoms with Gasteiger partial charge in [0.05, 0.1) is 11.8 Å². The third-order valence-electron chi connectivity index (χ3n) is 3.57. The van der Waals surface area contributed by atoms with E-state index in [1.165, 1.54) is 11.8 Å². The molecule has 0 fully saturated rings. The van der Waals surface area contributed by atoms with Crippen LogP contribution in [0.25, 0.3) is 22.1 Å². The lowest BCUT2D eigenvalue weighted by molar-refractivity contribution is 0.477. The van der Waals surface area contributed by atoms with Gasteiger partial charge in [-0.15, -0.1) is 5.10 Å². The fourth-order valence-electron chi connectivity index (χ4n) is 2.45. The van der Waals surface area contributed by atoms with Crippen molar-refractivity contribution >= 4 is 33.8 Å². The summed E-state index contributed by atoms with van der Waals surface area (Å²) in [5.74, 6) is 1.01. The summed E-state index contributed by atoms with van der Waals surface area (Å²) in [6, 6.07) is 7.63. The van der Waals surface area contributed by atoms with Gasteiger partial charge in [0.15, 0.2) is 0 Å². The minimum atomic E-state index is -0.282. The van der Waals surface area contributed by atoms with Crippen LogP contribution in [0.5, 0.6) is 0 Å². The number of benzene rings is 1. The summed E-state index contributed by atoms with van der Waals surface area (Å²) in [5, 5.41) is 13.2. The van der Waals surface area contributed by atoms with Gasteiger partial charge in [-0.25, -0.2) is 9.67 Å². The number of thioether (sulfide) groups is 1. The van der Waals surface area contributed by atoms with Crippen LogP contribution in [-0.4, -0.2) is 30.2 Å². The monoisotopic (exact) mass is 342 g/mol. The largest absolute Gasteiger partial charge is 0.449 e. The Morgan fingerprint density at radius 3 is 3.00 bits per heavy atom. The Morgan fingerprint density at radius 1 is 1.33 bits per heavy atom. The fourth-order valence-corrected chi connectivity index (χ4v) is 3.33. The number of fused-ring (bicyclic) bond motifs is 3. The summed E-state index contributed by atoms with van der Waals surface area (Å²) in [7, 11) is 0. The Labute approximate surface area is 140 Å². The molecule has 122 valence electrons. The Morgan fingerprint density at radius 2 is 2.17 bits per heavy atom. The molecule has 24 heavy (non-hydrogen) atoms. The zero-order valence-electron chi connectivity index (χ0n) is 13.1. The van der Waals surface area contributed by atoms with Crippen molar-refractivity contribution in [1.82, 2.24) is 30.2 Å². The molecule has 4 rings (SSSR count). The first kappa shape index (κ1) is 14.9. The number of nitrogens with zero attached hydrogens (tertiary/aromatic N) is 5. The van der Waals surface area contributed by atoms with Crippen LogP contribution in [0.2, 0.25) is 0 Å². The zero-order valence-corrected chi connectivity index (χ0v) is 13.9. The summed E-state index contributed by atoms with van der Waals surface area (Å²) in [4.78, 5) is 19.6. The van der Waals surface area contributed by atoms with Crippen molar-refractivity contribution in [3.8, 4) is 0 Å². The van der Waals surface area contributed by atoms with Gasteiger partial charge >= 0.3 is 0 Å². The molecule has 0 radical (unpaired) electrons. The number of tetrazole rings is 1. The first-order valence-corrected chi connectivity index (χ1v) is 8.43. The van der Waals surface area contributed by atoms with E-state index in [4.69, 9.17) is 4.42 Å². The Hall–Kier alpha value is -2.68. The molecule has 0 bridgehead atoms. The topological polar surface area (TPSA) is 102 Å². The lowest BCUT2D eigenvalue weighted by atomic mass is 10.2. The Bertz CT molecular complexity index is 1080. The molecule has 4 aromatic rings. The number of nitrogens with one attached hydrogen (secondary N) is 1. The minimum Gasteiger partial charge on any atom is -0.449 e. The predicted octanol–water partition coefficient (Wildman–Crippen LogP) is 2.53. The summed E-state index contributed by atoms with van der Waals surface area (Å²) < 4.78 is 7.32. The van der Waals surface area contributed by atoms with Gasteiger partial charge < -0.3 is 9.40 Å². The van der Waals surface area contributed by atoms with Gasteiger partial charge in [-0.2, -0.15) is 0 Å². The van der Waals surface area contributed by atoms with Crippen LogP contribution in [-0.2, 0) is 5.75 Å². The molecule has 3 aromatic heterocycles. The van der Waals surface area contributed by atoms with Crippen molar-refractivity contribution in [2.75, 3.05) is 0 Å². The standard InChI is InChI=1S/C15H14N6O2S/c1-8(2)21-15(18-19-20-21)24-7-11-16-12-9-5-3-4-6-10(9)23-13(12)14(22)17-11/h3-6,8H,7H2,1-2H3,(H,16,17,22). The Kier molecular flexibility index (Phi) is 3.57. The number of hydrogen-bond donors (Lipinski definition) is 1. The highest BCUT2D eigenvalue weighted by molar-refractivity contribution is 7.98. The van der Waals surface area contributed by atoms with E-state index in [1.54, 1.807) is 4.68 Å². The van der Waals surface area contributed by atoms with E-state index in [0.29, 0.717) is 27.8 Å². The molecule has 0 aliphatic carbocycles. The van der Waals surface area contributed by atoms with Crippen molar-refractivity contribution in [2.45, 2.75) is 30.8 Å². The second-order valence-electron chi connectivity index (χ2n) is 5.58. The number of furan rings is 1. The molecule has 0 spiro atoms. The third kappa shape index (κ3) is 2.46. The molecule has 0 saturated carbocycles. The highest BCUT2D eigenvalue weighted by Gasteiger charge is 2.15. The lowest BCUT2D eigenvalue weighted by Crippen LogP contribution is -2.10. The maximum absolute atomic E-state index is 12.3. The molecule has 0 atom stereocenters. The molecule has 0 unspecified atom stereocenters. The Balaban J connectivity index is 1.71. The van der Waals surface area contributed by atoms with Gasteiger partial charge in [0.2, 0.25) is 10.7 Å². The van der Waals surface area contributed by atoms with Gasteiger partial charge in [-0.1, -0.05) is 23.9 Å². The number of H-pyrrole nitrogens is 1. The van der Waals surface area contributed by atoms with Crippen molar-refractivity contribution in [1.29, 1.82) is 0 Å².